The fourth-order valence-corrected chi connectivity index (χ4v) is 3.84. The Labute approximate surface area is 192 Å². The normalized spacial score (nSPS) is 12.0. The van der Waals surface area contributed by atoms with Crippen LogP contribution in [0.3, 0.4) is 0 Å². The summed E-state index contributed by atoms with van der Waals surface area (Å²) < 4.78 is 7.85. The predicted molar refractivity (Wildman–Crippen MR) is 128 cm³/mol. The number of hydrogen-bond donors (Lipinski definition) is 1. The fraction of sp³-hybridized carbons (Fsp3) is 0.240. The molecule has 6 nitrogen and oxygen atoms in total. The van der Waals surface area contributed by atoms with Gasteiger partial charge >= 0.3 is 0 Å². The van der Waals surface area contributed by atoms with Crippen molar-refractivity contribution < 1.29 is 9.53 Å². The van der Waals surface area contributed by atoms with E-state index in [4.69, 9.17) is 21.3 Å². The maximum Gasteiger partial charge on any atom is 0.265 e. The van der Waals surface area contributed by atoms with Gasteiger partial charge < -0.3 is 10.1 Å². The van der Waals surface area contributed by atoms with Crippen LogP contribution >= 0.6 is 11.6 Å². The Balaban J connectivity index is 1.68. The summed E-state index contributed by atoms with van der Waals surface area (Å²) in [5.74, 6) is 0.0927. The molecular formula is C25H25ClN4O2. The highest BCUT2D eigenvalue weighted by atomic mass is 35.5. The summed E-state index contributed by atoms with van der Waals surface area (Å²) in [6.45, 7) is 8.24. The highest BCUT2D eigenvalue weighted by Crippen LogP contribution is 2.33. The Kier molecular flexibility index (Phi) is 6.15. The molecule has 1 N–H and O–H groups in total. The van der Waals surface area contributed by atoms with E-state index in [1.54, 1.807) is 19.1 Å². The van der Waals surface area contributed by atoms with Gasteiger partial charge in [-0.2, -0.15) is 10.1 Å². The Hall–Kier alpha value is -3.38. The lowest BCUT2D eigenvalue weighted by atomic mass is 10.0. The largest absolute Gasteiger partial charge is 0.464 e. The number of pyridine rings is 1. The minimum atomic E-state index is -0.763. The topological polar surface area (TPSA) is 69.0 Å². The van der Waals surface area contributed by atoms with Crippen molar-refractivity contribution in [3.63, 3.8) is 0 Å². The lowest BCUT2D eigenvalue weighted by Gasteiger charge is -2.16. The molecule has 0 spiro atoms. The van der Waals surface area contributed by atoms with Crippen molar-refractivity contribution in [1.29, 1.82) is 0 Å². The van der Waals surface area contributed by atoms with Gasteiger partial charge in [-0.1, -0.05) is 48.0 Å². The van der Waals surface area contributed by atoms with Crippen molar-refractivity contribution in [2.45, 2.75) is 40.3 Å². The van der Waals surface area contributed by atoms with Crippen LogP contribution in [0.2, 0.25) is 5.02 Å². The summed E-state index contributed by atoms with van der Waals surface area (Å²) in [5, 5.41) is 9.10. The molecule has 2 heterocycles. The third kappa shape index (κ3) is 4.18. The second-order valence-electron chi connectivity index (χ2n) is 7.64. The molecule has 32 heavy (non-hydrogen) atoms. The minimum Gasteiger partial charge on any atom is -0.464 e. The number of hydrogen-bond acceptors (Lipinski definition) is 4. The van der Waals surface area contributed by atoms with E-state index in [2.05, 4.69) is 10.4 Å². The molecule has 0 radical (unpaired) electrons. The second-order valence-corrected chi connectivity index (χ2v) is 8.04. The van der Waals surface area contributed by atoms with Crippen LogP contribution in [0.15, 0.2) is 54.6 Å². The molecule has 0 fully saturated rings. The summed E-state index contributed by atoms with van der Waals surface area (Å²) in [4.78, 5) is 17.5. The number of benzene rings is 2. The Morgan fingerprint density at radius 3 is 2.62 bits per heavy atom. The Morgan fingerprint density at radius 2 is 1.91 bits per heavy atom. The molecular weight excluding hydrogens is 424 g/mol. The number of amides is 1. The molecule has 2 aromatic heterocycles. The zero-order valence-corrected chi connectivity index (χ0v) is 19.3. The van der Waals surface area contributed by atoms with Gasteiger partial charge in [-0.25, -0.2) is 4.68 Å². The molecule has 0 unspecified atom stereocenters. The Bertz CT molecular complexity index is 1280. The number of nitrogens with one attached hydrogen (secondary N) is 1. The quantitative estimate of drug-likeness (QED) is 0.405. The van der Waals surface area contributed by atoms with Crippen LogP contribution in [0.25, 0.3) is 22.2 Å². The van der Waals surface area contributed by atoms with Gasteiger partial charge in [0.1, 0.15) is 0 Å². The van der Waals surface area contributed by atoms with Crippen molar-refractivity contribution >= 4 is 34.2 Å². The maximum atomic E-state index is 12.8. The summed E-state index contributed by atoms with van der Waals surface area (Å²) in [6.07, 6.45) is -0.763. The van der Waals surface area contributed by atoms with Crippen molar-refractivity contribution in [2.75, 3.05) is 5.32 Å². The van der Waals surface area contributed by atoms with Gasteiger partial charge in [0.15, 0.2) is 11.8 Å². The van der Waals surface area contributed by atoms with E-state index in [-0.39, 0.29) is 5.91 Å². The average molecular weight is 449 g/mol. The number of rotatable bonds is 6. The molecule has 4 rings (SSSR count). The number of carbonyl (C=O) groups is 1. The maximum absolute atomic E-state index is 12.8. The van der Waals surface area contributed by atoms with Crippen LogP contribution in [0.4, 0.5) is 5.69 Å². The van der Waals surface area contributed by atoms with E-state index in [1.165, 1.54) is 0 Å². The number of ether oxygens (including phenoxy) is 1. The van der Waals surface area contributed by atoms with Crippen LogP contribution < -0.4 is 10.1 Å². The summed E-state index contributed by atoms with van der Waals surface area (Å²) >= 11 is 6.17. The third-order valence-corrected chi connectivity index (χ3v) is 5.84. The lowest BCUT2D eigenvalue weighted by Crippen LogP contribution is -2.30. The van der Waals surface area contributed by atoms with Gasteiger partial charge in [-0.3, -0.25) is 4.79 Å². The number of carbonyl (C=O) groups excluding carboxylic acids is 1. The predicted octanol–water partition coefficient (Wildman–Crippen LogP) is 5.79. The molecule has 7 heteroatoms. The van der Waals surface area contributed by atoms with Crippen LogP contribution in [0.1, 0.15) is 25.1 Å². The first kappa shape index (κ1) is 21.8. The zero-order chi connectivity index (χ0) is 22.8. The first-order valence-corrected chi connectivity index (χ1v) is 10.9. The van der Waals surface area contributed by atoms with Gasteiger partial charge in [0.25, 0.3) is 5.91 Å². The minimum absolute atomic E-state index is 0.279. The molecule has 4 aromatic rings. The molecule has 0 aliphatic heterocycles. The smallest absolute Gasteiger partial charge is 0.265 e. The monoisotopic (exact) mass is 448 g/mol. The van der Waals surface area contributed by atoms with Crippen LogP contribution in [-0.2, 0) is 11.3 Å². The van der Waals surface area contributed by atoms with E-state index in [0.717, 1.165) is 33.4 Å². The second kappa shape index (κ2) is 9.01. The third-order valence-electron chi connectivity index (χ3n) is 5.43. The van der Waals surface area contributed by atoms with E-state index in [1.807, 2.05) is 67.9 Å². The molecule has 1 atom stereocenters. The highest BCUT2D eigenvalue weighted by molar-refractivity contribution is 6.31. The van der Waals surface area contributed by atoms with Gasteiger partial charge in [0, 0.05) is 23.3 Å². The molecule has 0 saturated heterocycles. The van der Waals surface area contributed by atoms with Gasteiger partial charge in [0.2, 0.25) is 5.88 Å². The first-order valence-electron chi connectivity index (χ1n) is 10.5. The molecule has 1 amide bonds. The van der Waals surface area contributed by atoms with Gasteiger partial charge in [-0.05, 0) is 56.5 Å². The van der Waals surface area contributed by atoms with E-state index < -0.39 is 6.10 Å². The number of fused-ring (bicyclic) bond motifs is 1. The molecule has 2 aromatic carbocycles. The van der Waals surface area contributed by atoms with Gasteiger partial charge in [-0.15, -0.1) is 0 Å². The standard InChI is InChI=1S/C25H25ClN4O2/c1-5-30-24-23(16(3)29-30)19(18-10-7-6-8-11-18)14-22(28-24)32-17(4)25(31)27-21-13-9-12-20(26)15(21)2/h6-14,17H,5H2,1-4H3,(H,27,31)/t17-/m0/s1. The van der Waals surface area contributed by atoms with Crippen molar-refractivity contribution in [3.05, 3.63) is 70.9 Å². The van der Waals surface area contributed by atoms with E-state index in [0.29, 0.717) is 23.1 Å². The highest BCUT2D eigenvalue weighted by Gasteiger charge is 2.20. The van der Waals surface area contributed by atoms with E-state index in [9.17, 15) is 4.79 Å². The van der Waals surface area contributed by atoms with Crippen LogP contribution in [0.5, 0.6) is 5.88 Å². The number of nitrogens with zero attached hydrogens (tertiary/aromatic N) is 3. The summed E-state index contributed by atoms with van der Waals surface area (Å²) in [7, 11) is 0. The Morgan fingerprint density at radius 1 is 1.16 bits per heavy atom. The van der Waals surface area contributed by atoms with E-state index >= 15 is 0 Å². The molecule has 0 aliphatic rings. The zero-order valence-electron chi connectivity index (χ0n) is 18.5. The van der Waals surface area contributed by atoms with Crippen LogP contribution in [0, 0.1) is 13.8 Å². The number of aromatic nitrogens is 3. The summed E-state index contributed by atoms with van der Waals surface area (Å²) in [5.41, 5.74) is 5.12. The molecule has 0 aliphatic carbocycles. The van der Waals surface area contributed by atoms with Gasteiger partial charge in [0.05, 0.1) is 11.1 Å². The molecule has 0 saturated carbocycles. The number of aryl methyl sites for hydroxylation is 2. The van der Waals surface area contributed by atoms with Crippen molar-refractivity contribution in [1.82, 2.24) is 14.8 Å². The number of anilines is 1. The van der Waals surface area contributed by atoms with Crippen molar-refractivity contribution in [3.8, 4) is 17.0 Å². The number of halogens is 1. The molecule has 164 valence electrons. The summed E-state index contributed by atoms with van der Waals surface area (Å²) in [6, 6.07) is 17.3. The molecule has 0 bridgehead atoms. The SMILES string of the molecule is CCn1nc(C)c2c(-c3ccccc3)cc(O[C@@H](C)C(=O)Nc3cccc(Cl)c3C)nc21. The fourth-order valence-electron chi connectivity index (χ4n) is 3.67. The lowest BCUT2D eigenvalue weighted by molar-refractivity contribution is -0.122. The van der Waals surface area contributed by atoms with Crippen molar-refractivity contribution in [2.24, 2.45) is 0 Å². The average Bonchev–Trinajstić information content (AvgIpc) is 3.12. The first-order chi connectivity index (χ1) is 15.4. The van der Waals surface area contributed by atoms with Crippen LogP contribution in [-0.4, -0.2) is 26.8 Å².